The van der Waals surface area contributed by atoms with Gasteiger partial charge in [-0.05, 0) is 47.0 Å². The summed E-state index contributed by atoms with van der Waals surface area (Å²) in [5.74, 6) is -0.441. The van der Waals surface area contributed by atoms with E-state index in [9.17, 15) is 19.7 Å². The second-order valence-electron chi connectivity index (χ2n) is 7.10. The maximum atomic E-state index is 13.1. The quantitative estimate of drug-likeness (QED) is 0.346. The molecular formula is C22H22BrN3O5. The SMILES string of the molecule is COc1ccccc1C(Br)=C(NC(=O)c1ccc([N+](=O)[O-])cc1)C(=O)NC1CCCC1. The van der Waals surface area contributed by atoms with E-state index in [4.69, 9.17) is 4.74 Å². The highest BCUT2D eigenvalue weighted by Crippen LogP contribution is 2.32. The van der Waals surface area contributed by atoms with Crippen LogP contribution in [-0.2, 0) is 4.79 Å². The van der Waals surface area contributed by atoms with Gasteiger partial charge in [0.15, 0.2) is 0 Å². The van der Waals surface area contributed by atoms with Crippen molar-refractivity contribution in [3.05, 3.63) is 75.5 Å². The van der Waals surface area contributed by atoms with E-state index in [1.165, 1.54) is 31.4 Å². The fourth-order valence-electron chi connectivity index (χ4n) is 3.42. The van der Waals surface area contributed by atoms with Crippen molar-refractivity contribution in [3.63, 3.8) is 0 Å². The van der Waals surface area contributed by atoms with Crippen molar-refractivity contribution < 1.29 is 19.2 Å². The fourth-order valence-corrected chi connectivity index (χ4v) is 4.03. The minimum absolute atomic E-state index is 0.0414. The number of carbonyl (C=O) groups is 2. The van der Waals surface area contributed by atoms with E-state index in [0.717, 1.165) is 25.7 Å². The first-order chi connectivity index (χ1) is 14.9. The third kappa shape index (κ3) is 5.49. The molecule has 2 aromatic carbocycles. The molecule has 8 nitrogen and oxygen atoms in total. The van der Waals surface area contributed by atoms with Crippen LogP contribution in [0.15, 0.2) is 54.2 Å². The van der Waals surface area contributed by atoms with Gasteiger partial charge in [-0.3, -0.25) is 19.7 Å². The topological polar surface area (TPSA) is 111 Å². The molecule has 0 radical (unpaired) electrons. The molecule has 9 heteroatoms. The average molecular weight is 488 g/mol. The van der Waals surface area contributed by atoms with Gasteiger partial charge in [-0.2, -0.15) is 0 Å². The van der Waals surface area contributed by atoms with Crippen molar-refractivity contribution in [1.29, 1.82) is 0 Å². The molecule has 2 N–H and O–H groups in total. The number of hydrogen-bond donors (Lipinski definition) is 2. The van der Waals surface area contributed by atoms with Crippen molar-refractivity contribution in [2.45, 2.75) is 31.7 Å². The smallest absolute Gasteiger partial charge is 0.269 e. The van der Waals surface area contributed by atoms with Crippen LogP contribution in [0.5, 0.6) is 5.75 Å². The molecule has 162 valence electrons. The lowest BCUT2D eigenvalue weighted by atomic mass is 10.1. The van der Waals surface area contributed by atoms with E-state index in [2.05, 4.69) is 26.6 Å². The molecule has 0 aliphatic heterocycles. The second kappa shape index (κ2) is 10.2. The summed E-state index contributed by atoms with van der Waals surface area (Å²) in [6.07, 6.45) is 3.88. The molecule has 0 spiro atoms. The maximum Gasteiger partial charge on any atom is 0.269 e. The molecule has 0 bridgehead atoms. The third-order valence-electron chi connectivity index (χ3n) is 5.06. The van der Waals surface area contributed by atoms with Crippen LogP contribution in [0, 0.1) is 10.1 Å². The Labute approximate surface area is 187 Å². The maximum absolute atomic E-state index is 13.1. The van der Waals surface area contributed by atoms with Gasteiger partial charge in [-0.25, -0.2) is 0 Å². The van der Waals surface area contributed by atoms with E-state index < -0.39 is 16.7 Å². The van der Waals surface area contributed by atoms with E-state index in [1.54, 1.807) is 24.3 Å². The molecule has 3 rings (SSSR count). The van der Waals surface area contributed by atoms with Crippen LogP contribution in [-0.4, -0.2) is 29.9 Å². The zero-order valence-electron chi connectivity index (χ0n) is 16.9. The van der Waals surface area contributed by atoms with Crippen molar-refractivity contribution in [3.8, 4) is 5.75 Å². The fraction of sp³-hybridized carbons (Fsp3) is 0.273. The lowest BCUT2D eigenvalue weighted by Gasteiger charge is -2.18. The Hall–Kier alpha value is -3.20. The first-order valence-corrected chi connectivity index (χ1v) is 10.6. The Morgan fingerprint density at radius 3 is 2.35 bits per heavy atom. The number of nitrogens with zero attached hydrogens (tertiary/aromatic N) is 1. The number of hydrogen-bond acceptors (Lipinski definition) is 5. The summed E-state index contributed by atoms with van der Waals surface area (Å²) >= 11 is 3.46. The predicted molar refractivity (Wildman–Crippen MR) is 120 cm³/mol. The third-order valence-corrected chi connectivity index (χ3v) is 5.88. The Kier molecular flexibility index (Phi) is 7.41. The summed E-state index contributed by atoms with van der Waals surface area (Å²) in [5.41, 5.74) is 0.712. The zero-order chi connectivity index (χ0) is 22.4. The summed E-state index contributed by atoms with van der Waals surface area (Å²) < 4.78 is 5.75. The number of halogens is 1. The van der Waals surface area contributed by atoms with Crippen LogP contribution >= 0.6 is 15.9 Å². The summed E-state index contributed by atoms with van der Waals surface area (Å²) in [6.45, 7) is 0. The number of ether oxygens (including phenoxy) is 1. The number of rotatable bonds is 7. The second-order valence-corrected chi connectivity index (χ2v) is 7.90. The van der Waals surface area contributed by atoms with E-state index in [0.29, 0.717) is 15.8 Å². The number of nitro groups is 1. The Morgan fingerprint density at radius 2 is 1.74 bits per heavy atom. The number of non-ortho nitro benzene ring substituents is 1. The highest BCUT2D eigenvalue weighted by atomic mass is 79.9. The van der Waals surface area contributed by atoms with Crippen LogP contribution in [0.25, 0.3) is 4.48 Å². The van der Waals surface area contributed by atoms with Crippen molar-refractivity contribution >= 4 is 37.9 Å². The van der Waals surface area contributed by atoms with Crippen LogP contribution < -0.4 is 15.4 Å². The average Bonchev–Trinajstić information content (AvgIpc) is 3.29. The van der Waals surface area contributed by atoms with Crippen molar-refractivity contribution in [2.75, 3.05) is 7.11 Å². The minimum atomic E-state index is -0.557. The number of methoxy groups -OCH3 is 1. The largest absolute Gasteiger partial charge is 0.496 e. The predicted octanol–water partition coefficient (Wildman–Crippen LogP) is 4.16. The normalized spacial score (nSPS) is 14.5. The molecule has 0 atom stereocenters. The number of benzene rings is 2. The molecular weight excluding hydrogens is 466 g/mol. The van der Waals surface area contributed by atoms with Crippen molar-refractivity contribution in [1.82, 2.24) is 10.6 Å². The Balaban J connectivity index is 1.93. The number of amides is 2. The summed E-state index contributed by atoms with van der Waals surface area (Å²) in [4.78, 5) is 36.2. The molecule has 1 fully saturated rings. The number of carbonyl (C=O) groups excluding carboxylic acids is 2. The Bertz CT molecular complexity index is 1010. The van der Waals surface area contributed by atoms with Gasteiger partial charge in [-0.1, -0.05) is 31.0 Å². The van der Waals surface area contributed by atoms with Gasteiger partial charge in [0, 0.05) is 29.3 Å². The molecule has 31 heavy (non-hydrogen) atoms. The first kappa shape index (κ1) is 22.5. The lowest BCUT2D eigenvalue weighted by Crippen LogP contribution is -2.39. The van der Waals surface area contributed by atoms with Crippen LogP contribution in [0.3, 0.4) is 0 Å². The number of nitro benzene ring substituents is 1. The first-order valence-electron chi connectivity index (χ1n) is 9.80. The van der Waals surface area contributed by atoms with E-state index >= 15 is 0 Å². The molecule has 0 saturated heterocycles. The number of para-hydroxylation sites is 1. The summed E-state index contributed by atoms with van der Waals surface area (Å²) in [5, 5.41) is 16.5. The molecule has 1 aliphatic carbocycles. The summed E-state index contributed by atoms with van der Waals surface area (Å²) in [6, 6.07) is 12.3. The van der Waals surface area contributed by atoms with E-state index in [-0.39, 0.29) is 23.0 Å². The minimum Gasteiger partial charge on any atom is -0.496 e. The van der Waals surface area contributed by atoms with Gasteiger partial charge in [0.25, 0.3) is 17.5 Å². The van der Waals surface area contributed by atoms with Gasteiger partial charge in [0.1, 0.15) is 11.4 Å². The van der Waals surface area contributed by atoms with Gasteiger partial charge >= 0.3 is 0 Å². The Morgan fingerprint density at radius 1 is 1.10 bits per heavy atom. The zero-order valence-corrected chi connectivity index (χ0v) is 18.5. The molecule has 0 heterocycles. The van der Waals surface area contributed by atoms with Crippen LogP contribution in [0.4, 0.5) is 5.69 Å². The van der Waals surface area contributed by atoms with Gasteiger partial charge in [-0.15, -0.1) is 0 Å². The molecule has 2 amide bonds. The van der Waals surface area contributed by atoms with Gasteiger partial charge in [0.05, 0.1) is 16.5 Å². The molecule has 0 aromatic heterocycles. The van der Waals surface area contributed by atoms with Crippen molar-refractivity contribution in [2.24, 2.45) is 0 Å². The highest BCUT2D eigenvalue weighted by molar-refractivity contribution is 9.15. The van der Waals surface area contributed by atoms with Gasteiger partial charge in [0.2, 0.25) is 0 Å². The monoisotopic (exact) mass is 487 g/mol. The van der Waals surface area contributed by atoms with Crippen LogP contribution in [0.2, 0.25) is 0 Å². The molecule has 2 aromatic rings. The molecule has 0 unspecified atom stereocenters. The molecule has 1 saturated carbocycles. The standard InChI is InChI=1S/C22H22BrN3O5/c1-31-18-9-5-4-8-17(18)19(23)20(22(28)24-15-6-2-3-7-15)25-21(27)14-10-12-16(13-11-14)26(29)30/h4-5,8-13,15H,2-3,6-7H2,1H3,(H,24,28)(H,25,27). The van der Waals surface area contributed by atoms with E-state index in [1.807, 2.05) is 0 Å². The van der Waals surface area contributed by atoms with Gasteiger partial charge < -0.3 is 15.4 Å². The summed E-state index contributed by atoms with van der Waals surface area (Å²) in [7, 11) is 1.52. The highest BCUT2D eigenvalue weighted by Gasteiger charge is 2.24. The lowest BCUT2D eigenvalue weighted by molar-refractivity contribution is -0.384. The van der Waals surface area contributed by atoms with Crippen LogP contribution in [0.1, 0.15) is 41.6 Å². The molecule has 1 aliphatic rings. The number of nitrogens with one attached hydrogen (secondary N) is 2.